The third-order valence-electron chi connectivity index (χ3n) is 5.14. The molecule has 2 aromatic rings. The van der Waals surface area contributed by atoms with Gasteiger partial charge in [0.25, 0.3) is 5.91 Å². The van der Waals surface area contributed by atoms with E-state index in [1.165, 1.54) is 36.4 Å². The van der Waals surface area contributed by atoms with Crippen LogP contribution in [0.5, 0.6) is 5.75 Å². The summed E-state index contributed by atoms with van der Waals surface area (Å²) in [4.78, 5) is 24.3. The number of carbonyl (C=O) groups excluding carboxylic acids is 2. The quantitative estimate of drug-likeness (QED) is 0.770. The first-order valence-electron chi connectivity index (χ1n) is 9.41. The average molecular weight is 433 g/mol. The van der Waals surface area contributed by atoms with Crippen molar-refractivity contribution in [1.82, 2.24) is 4.31 Å². The van der Waals surface area contributed by atoms with Gasteiger partial charge in [-0.25, -0.2) is 12.8 Å². The molecule has 4 rings (SSSR count). The fourth-order valence-electron chi connectivity index (χ4n) is 3.63. The first-order valence-corrected chi connectivity index (χ1v) is 10.9. The van der Waals surface area contributed by atoms with Crippen LogP contribution in [0, 0.1) is 12.7 Å². The molecule has 0 unspecified atom stereocenters. The molecule has 2 N–H and O–H groups in total. The molecule has 8 nitrogen and oxygen atoms in total. The number of rotatable bonds is 4. The molecule has 1 fully saturated rings. The van der Waals surface area contributed by atoms with Gasteiger partial charge in [-0.3, -0.25) is 9.59 Å². The third kappa shape index (κ3) is 3.75. The number of amides is 2. The zero-order valence-corrected chi connectivity index (χ0v) is 17.0. The maximum Gasteiger partial charge on any atom is 0.262 e. The Bertz CT molecular complexity index is 1140. The molecule has 2 aliphatic heterocycles. The lowest BCUT2D eigenvalue weighted by Crippen LogP contribution is -2.43. The van der Waals surface area contributed by atoms with Crippen LogP contribution < -0.4 is 15.4 Å². The Hall–Kier alpha value is -2.98. The van der Waals surface area contributed by atoms with Gasteiger partial charge >= 0.3 is 0 Å². The SMILES string of the molecule is Cc1cc(F)ccc1NC(=O)[C@@H]1CCCN1S(=O)(=O)c1ccc2c(c1)NC(=O)CO2. The molecule has 0 spiro atoms. The molecule has 1 saturated heterocycles. The maximum atomic E-state index is 13.3. The van der Waals surface area contributed by atoms with Gasteiger partial charge in [0.15, 0.2) is 6.61 Å². The number of fused-ring (bicyclic) bond motifs is 1. The number of ether oxygens (including phenoxy) is 1. The van der Waals surface area contributed by atoms with Gasteiger partial charge in [-0.05, 0) is 61.7 Å². The summed E-state index contributed by atoms with van der Waals surface area (Å²) in [5.41, 5.74) is 1.25. The Morgan fingerprint density at radius 3 is 2.83 bits per heavy atom. The van der Waals surface area contributed by atoms with Gasteiger partial charge in [-0.1, -0.05) is 0 Å². The smallest absolute Gasteiger partial charge is 0.262 e. The summed E-state index contributed by atoms with van der Waals surface area (Å²) in [5.74, 6) is -0.874. The minimum absolute atomic E-state index is 0.0373. The molecule has 2 aliphatic rings. The van der Waals surface area contributed by atoms with E-state index in [2.05, 4.69) is 10.6 Å². The van der Waals surface area contributed by atoms with E-state index in [-0.39, 0.29) is 29.6 Å². The van der Waals surface area contributed by atoms with E-state index < -0.39 is 27.8 Å². The van der Waals surface area contributed by atoms with Gasteiger partial charge in [-0.2, -0.15) is 4.31 Å². The zero-order chi connectivity index (χ0) is 21.5. The van der Waals surface area contributed by atoms with Gasteiger partial charge in [0.05, 0.1) is 10.6 Å². The largest absolute Gasteiger partial charge is 0.482 e. The molecular formula is C20H20FN3O5S. The minimum atomic E-state index is -3.99. The Labute approximate surface area is 173 Å². The van der Waals surface area contributed by atoms with Crippen LogP contribution in [0.25, 0.3) is 0 Å². The zero-order valence-electron chi connectivity index (χ0n) is 16.1. The van der Waals surface area contributed by atoms with E-state index in [9.17, 15) is 22.4 Å². The number of sulfonamides is 1. The van der Waals surface area contributed by atoms with Gasteiger partial charge < -0.3 is 15.4 Å². The second-order valence-corrected chi connectivity index (χ2v) is 9.11. The van der Waals surface area contributed by atoms with Crippen LogP contribution >= 0.6 is 0 Å². The first kappa shape index (κ1) is 20.3. The fourth-order valence-corrected chi connectivity index (χ4v) is 5.31. The highest BCUT2D eigenvalue weighted by Crippen LogP contribution is 2.33. The Morgan fingerprint density at radius 1 is 1.27 bits per heavy atom. The van der Waals surface area contributed by atoms with E-state index in [0.717, 1.165) is 4.31 Å². The maximum absolute atomic E-state index is 13.3. The molecule has 0 bridgehead atoms. The summed E-state index contributed by atoms with van der Waals surface area (Å²) in [6.07, 6.45) is 0.903. The lowest BCUT2D eigenvalue weighted by atomic mass is 10.1. The lowest BCUT2D eigenvalue weighted by molar-refractivity contribution is -0.119. The number of anilines is 2. The standard InChI is InChI=1S/C20H20FN3O5S/c1-12-9-13(21)4-6-15(12)23-20(26)17-3-2-8-24(17)30(27,28)14-5-7-18-16(10-14)22-19(25)11-29-18/h4-7,9-10,17H,2-3,8,11H2,1H3,(H,22,25)(H,23,26)/t17-/m0/s1. The van der Waals surface area contributed by atoms with Crippen molar-refractivity contribution < 1.29 is 27.1 Å². The van der Waals surface area contributed by atoms with Gasteiger partial charge in [0.1, 0.15) is 17.6 Å². The number of carbonyl (C=O) groups is 2. The molecule has 2 aromatic carbocycles. The van der Waals surface area contributed by atoms with Gasteiger partial charge in [0, 0.05) is 12.2 Å². The van der Waals surface area contributed by atoms with Crippen molar-refractivity contribution in [2.45, 2.75) is 30.7 Å². The number of halogens is 1. The number of aryl methyl sites for hydroxylation is 1. The van der Waals surface area contributed by atoms with E-state index in [1.807, 2.05) is 0 Å². The topological polar surface area (TPSA) is 105 Å². The summed E-state index contributed by atoms with van der Waals surface area (Å²) >= 11 is 0. The molecule has 2 amide bonds. The van der Waals surface area contributed by atoms with Crippen molar-refractivity contribution in [3.63, 3.8) is 0 Å². The van der Waals surface area contributed by atoms with Crippen molar-refractivity contribution >= 4 is 33.2 Å². The molecule has 0 saturated carbocycles. The van der Waals surface area contributed by atoms with Crippen molar-refractivity contribution in [2.75, 3.05) is 23.8 Å². The second-order valence-electron chi connectivity index (χ2n) is 7.22. The van der Waals surface area contributed by atoms with Gasteiger partial charge in [0.2, 0.25) is 15.9 Å². The molecule has 0 aliphatic carbocycles. The van der Waals surface area contributed by atoms with E-state index in [4.69, 9.17) is 4.74 Å². The van der Waals surface area contributed by atoms with Crippen molar-refractivity contribution in [3.8, 4) is 5.75 Å². The van der Waals surface area contributed by atoms with Crippen LogP contribution in [0.3, 0.4) is 0 Å². The second kappa shape index (κ2) is 7.69. The first-order chi connectivity index (χ1) is 14.3. The lowest BCUT2D eigenvalue weighted by Gasteiger charge is -2.25. The van der Waals surface area contributed by atoms with Crippen molar-refractivity contribution in [2.24, 2.45) is 0 Å². The summed E-state index contributed by atoms with van der Waals surface area (Å²) in [5, 5.41) is 5.28. The molecule has 0 radical (unpaired) electrons. The third-order valence-corrected chi connectivity index (χ3v) is 7.05. The Kier molecular flexibility index (Phi) is 5.20. The highest BCUT2D eigenvalue weighted by molar-refractivity contribution is 7.89. The molecule has 0 aromatic heterocycles. The average Bonchev–Trinajstić information content (AvgIpc) is 3.20. The predicted octanol–water partition coefficient (Wildman–Crippen LogP) is 2.26. The molecule has 1 atom stereocenters. The van der Waals surface area contributed by atoms with E-state index in [0.29, 0.717) is 29.8 Å². The monoisotopic (exact) mass is 433 g/mol. The molecule has 10 heteroatoms. The molecule has 2 heterocycles. The van der Waals surface area contributed by atoms with E-state index in [1.54, 1.807) is 6.92 Å². The number of nitrogens with one attached hydrogen (secondary N) is 2. The van der Waals surface area contributed by atoms with Gasteiger partial charge in [-0.15, -0.1) is 0 Å². The number of nitrogens with zero attached hydrogens (tertiary/aromatic N) is 1. The number of hydrogen-bond donors (Lipinski definition) is 2. The number of benzene rings is 2. The summed E-state index contributed by atoms with van der Waals surface area (Å²) in [6, 6.07) is 7.29. The van der Waals surface area contributed by atoms with Crippen LogP contribution in [-0.2, 0) is 19.6 Å². The predicted molar refractivity (Wildman–Crippen MR) is 107 cm³/mol. The molecule has 30 heavy (non-hydrogen) atoms. The fraction of sp³-hybridized carbons (Fsp3) is 0.300. The highest BCUT2D eigenvalue weighted by Gasteiger charge is 2.40. The molecular weight excluding hydrogens is 413 g/mol. The normalized spacial score (nSPS) is 19.0. The van der Waals surface area contributed by atoms with Crippen molar-refractivity contribution in [1.29, 1.82) is 0 Å². The summed E-state index contributed by atoms with van der Waals surface area (Å²) in [6.45, 7) is 1.73. The van der Waals surface area contributed by atoms with E-state index >= 15 is 0 Å². The summed E-state index contributed by atoms with van der Waals surface area (Å²) < 4.78 is 46.2. The van der Waals surface area contributed by atoms with Crippen LogP contribution in [0.15, 0.2) is 41.3 Å². The number of hydrogen-bond acceptors (Lipinski definition) is 5. The van der Waals surface area contributed by atoms with Crippen LogP contribution in [0.1, 0.15) is 18.4 Å². The van der Waals surface area contributed by atoms with Crippen LogP contribution in [-0.4, -0.2) is 43.7 Å². The summed E-state index contributed by atoms with van der Waals surface area (Å²) in [7, 11) is -3.99. The minimum Gasteiger partial charge on any atom is -0.482 e. The highest BCUT2D eigenvalue weighted by atomic mass is 32.2. The Balaban J connectivity index is 1.58. The van der Waals surface area contributed by atoms with Crippen LogP contribution in [0.2, 0.25) is 0 Å². The van der Waals surface area contributed by atoms with Crippen LogP contribution in [0.4, 0.5) is 15.8 Å². The Morgan fingerprint density at radius 2 is 2.07 bits per heavy atom. The molecule has 158 valence electrons. The van der Waals surface area contributed by atoms with Crippen molar-refractivity contribution in [3.05, 3.63) is 47.8 Å².